The second-order valence-corrected chi connectivity index (χ2v) is 4.54. The number of thiophene rings is 1. The first-order valence-corrected chi connectivity index (χ1v) is 5.71. The molecule has 0 bridgehead atoms. The minimum atomic E-state index is -0.0152. The summed E-state index contributed by atoms with van der Waals surface area (Å²) in [6, 6.07) is 3.59. The number of nitrogen functional groups attached to an aromatic ring is 1. The average molecular weight is 236 g/mol. The first-order chi connectivity index (χ1) is 7.20. The Morgan fingerprint density at radius 1 is 1.13 bits per heavy atom. The molecule has 1 aliphatic carbocycles. The standard InChI is InChI=1S/C11H6ClNOS/c12-10-8(13)2-1-5-6-3-15-4-7(6)11(14)9(5)10/h1-4H,13H2. The fourth-order valence-corrected chi connectivity index (χ4v) is 2.93. The monoisotopic (exact) mass is 235 g/mol. The topological polar surface area (TPSA) is 43.1 Å². The molecule has 15 heavy (non-hydrogen) atoms. The van der Waals surface area contributed by atoms with Crippen LogP contribution in [0.25, 0.3) is 11.1 Å². The van der Waals surface area contributed by atoms with E-state index in [1.54, 1.807) is 6.07 Å². The Morgan fingerprint density at radius 3 is 2.67 bits per heavy atom. The maximum atomic E-state index is 12.0. The smallest absolute Gasteiger partial charge is 0.196 e. The molecule has 1 aromatic heterocycles. The maximum Gasteiger partial charge on any atom is 0.196 e. The highest BCUT2D eigenvalue weighted by Crippen LogP contribution is 2.43. The summed E-state index contributed by atoms with van der Waals surface area (Å²) >= 11 is 7.56. The van der Waals surface area contributed by atoms with Gasteiger partial charge in [-0.2, -0.15) is 11.3 Å². The number of anilines is 1. The second kappa shape index (κ2) is 2.84. The zero-order chi connectivity index (χ0) is 10.6. The number of fused-ring (bicyclic) bond motifs is 3. The second-order valence-electron chi connectivity index (χ2n) is 3.42. The van der Waals surface area contributed by atoms with Gasteiger partial charge in [0.05, 0.1) is 16.3 Å². The molecular formula is C11H6ClNOS. The van der Waals surface area contributed by atoms with Gasteiger partial charge >= 0.3 is 0 Å². The highest BCUT2D eigenvalue weighted by molar-refractivity contribution is 7.08. The molecule has 2 nitrogen and oxygen atoms in total. The molecule has 74 valence electrons. The number of ketones is 1. The van der Waals surface area contributed by atoms with Crippen LogP contribution in [0.1, 0.15) is 15.9 Å². The zero-order valence-corrected chi connectivity index (χ0v) is 9.15. The van der Waals surface area contributed by atoms with E-state index in [1.165, 1.54) is 11.3 Å². The molecule has 0 unspecified atom stereocenters. The van der Waals surface area contributed by atoms with Gasteiger partial charge in [0.1, 0.15) is 0 Å². The van der Waals surface area contributed by atoms with Crippen LogP contribution in [0.5, 0.6) is 0 Å². The predicted octanol–water partition coefficient (Wildman–Crippen LogP) is 3.20. The Hall–Kier alpha value is -1.32. The molecular weight excluding hydrogens is 230 g/mol. The first kappa shape index (κ1) is 8.95. The van der Waals surface area contributed by atoms with Gasteiger partial charge in [0.15, 0.2) is 5.78 Å². The largest absolute Gasteiger partial charge is 0.398 e. The van der Waals surface area contributed by atoms with Gasteiger partial charge in [0, 0.05) is 16.5 Å². The van der Waals surface area contributed by atoms with Crippen molar-refractivity contribution >= 4 is 34.4 Å². The van der Waals surface area contributed by atoms with Gasteiger partial charge in [-0.05, 0) is 17.0 Å². The van der Waals surface area contributed by atoms with E-state index in [4.69, 9.17) is 17.3 Å². The van der Waals surface area contributed by atoms with Crippen molar-refractivity contribution in [1.82, 2.24) is 0 Å². The number of rotatable bonds is 0. The van der Waals surface area contributed by atoms with Crippen LogP contribution >= 0.6 is 22.9 Å². The molecule has 0 atom stereocenters. The van der Waals surface area contributed by atoms with Crippen molar-refractivity contribution in [3.8, 4) is 11.1 Å². The lowest BCUT2D eigenvalue weighted by Crippen LogP contribution is -1.98. The van der Waals surface area contributed by atoms with Crippen LogP contribution in [-0.2, 0) is 0 Å². The van der Waals surface area contributed by atoms with Gasteiger partial charge in [-0.1, -0.05) is 17.7 Å². The van der Waals surface area contributed by atoms with E-state index in [2.05, 4.69) is 0 Å². The molecule has 0 radical (unpaired) electrons. The highest BCUT2D eigenvalue weighted by atomic mass is 35.5. The molecule has 1 heterocycles. The van der Waals surface area contributed by atoms with Crippen LogP contribution in [0.3, 0.4) is 0 Å². The number of hydrogen-bond donors (Lipinski definition) is 1. The summed E-state index contributed by atoms with van der Waals surface area (Å²) in [6.07, 6.45) is 0. The third-order valence-electron chi connectivity index (χ3n) is 2.60. The molecule has 2 aromatic rings. The summed E-state index contributed by atoms with van der Waals surface area (Å²) in [5, 5.41) is 4.19. The Balaban J connectivity index is 2.42. The molecule has 0 aliphatic heterocycles. The first-order valence-electron chi connectivity index (χ1n) is 4.39. The van der Waals surface area contributed by atoms with E-state index in [1.807, 2.05) is 16.8 Å². The van der Waals surface area contributed by atoms with Gasteiger partial charge in [-0.3, -0.25) is 4.79 Å². The van der Waals surface area contributed by atoms with Crippen molar-refractivity contribution in [3.63, 3.8) is 0 Å². The minimum Gasteiger partial charge on any atom is -0.398 e. The lowest BCUT2D eigenvalue weighted by atomic mass is 10.1. The SMILES string of the molecule is Nc1ccc2c(c1Cl)C(=O)c1cscc1-2. The van der Waals surface area contributed by atoms with Crippen molar-refractivity contribution in [1.29, 1.82) is 0 Å². The Labute approximate surface area is 95.3 Å². The summed E-state index contributed by atoms with van der Waals surface area (Å²) in [5.74, 6) is -0.0152. The van der Waals surface area contributed by atoms with Crippen LogP contribution in [0.15, 0.2) is 22.9 Å². The van der Waals surface area contributed by atoms with E-state index < -0.39 is 0 Å². The molecule has 1 aliphatic rings. The summed E-state index contributed by atoms with van der Waals surface area (Å²) in [7, 11) is 0. The van der Waals surface area contributed by atoms with Gasteiger partial charge in [0.2, 0.25) is 0 Å². The fraction of sp³-hybridized carbons (Fsp3) is 0. The van der Waals surface area contributed by atoms with Gasteiger partial charge in [0.25, 0.3) is 0 Å². The summed E-state index contributed by atoms with van der Waals surface area (Å²) in [5.41, 5.74) is 9.29. The molecule has 4 heteroatoms. The Bertz CT molecular complexity index is 588. The van der Waals surface area contributed by atoms with Crippen molar-refractivity contribution in [2.75, 3.05) is 5.73 Å². The highest BCUT2D eigenvalue weighted by Gasteiger charge is 2.30. The van der Waals surface area contributed by atoms with Crippen molar-refractivity contribution in [3.05, 3.63) is 39.0 Å². The lowest BCUT2D eigenvalue weighted by Gasteiger charge is -2.03. The number of benzene rings is 1. The molecule has 0 saturated carbocycles. The quantitative estimate of drug-likeness (QED) is 0.608. The molecule has 1 aromatic carbocycles. The number of carbonyl (C=O) groups is 1. The predicted molar refractivity (Wildman–Crippen MR) is 62.6 cm³/mol. The van der Waals surface area contributed by atoms with E-state index >= 15 is 0 Å². The third-order valence-corrected chi connectivity index (χ3v) is 3.75. The van der Waals surface area contributed by atoms with Crippen LogP contribution in [0.4, 0.5) is 5.69 Å². The van der Waals surface area contributed by atoms with Gasteiger partial charge in [-0.15, -0.1) is 0 Å². The van der Waals surface area contributed by atoms with Crippen LogP contribution in [-0.4, -0.2) is 5.78 Å². The molecule has 0 fully saturated rings. The molecule has 0 spiro atoms. The van der Waals surface area contributed by atoms with Crippen molar-refractivity contribution in [2.45, 2.75) is 0 Å². The zero-order valence-electron chi connectivity index (χ0n) is 7.58. The molecule has 2 N–H and O–H groups in total. The third kappa shape index (κ3) is 1.02. The minimum absolute atomic E-state index is 0.0152. The number of hydrogen-bond acceptors (Lipinski definition) is 3. The average Bonchev–Trinajstić information content (AvgIpc) is 2.76. The van der Waals surface area contributed by atoms with E-state index in [0.29, 0.717) is 16.3 Å². The van der Waals surface area contributed by atoms with Crippen LogP contribution in [0.2, 0.25) is 5.02 Å². The van der Waals surface area contributed by atoms with Crippen molar-refractivity contribution < 1.29 is 4.79 Å². The molecule has 0 amide bonds. The number of nitrogens with two attached hydrogens (primary N) is 1. The van der Waals surface area contributed by atoms with E-state index in [0.717, 1.165) is 16.7 Å². The summed E-state index contributed by atoms with van der Waals surface area (Å²) < 4.78 is 0. The van der Waals surface area contributed by atoms with Crippen LogP contribution < -0.4 is 5.73 Å². The summed E-state index contributed by atoms with van der Waals surface area (Å²) in [4.78, 5) is 12.0. The van der Waals surface area contributed by atoms with E-state index in [-0.39, 0.29) is 5.78 Å². The Morgan fingerprint density at radius 2 is 1.87 bits per heavy atom. The Kier molecular flexibility index (Phi) is 1.69. The molecule has 0 saturated heterocycles. The molecule has 3 rings (SSSR count). The van der Waals surface area contributed by atoms with Gasteiger partial charge in [-0.25, -0.2) is 0 Å². The lowest BCUT2D eigenvalue weighted by molar-refractivity contribution is 0.104. The summed E-state index contributed by atoms with van der Waals surface area (Å²) in [6.45, 7) is 0. The normalized spacial score (nSPS) is 12.7. The maximum absolute atomic E-state index is 12.0. The van der Waals surface area contributed by atoms with Gasteiger partial charge < -0.3 is 5.73 Å². The number of halogens is 1. The van der Waals surface area contributed by atoms with E-state index in [9.17, 15) is 4.79 Å². The van der Waals surface area contributed by atoms with Crippen LogP contribution in [0, 0.1) is 0 Å². The van der Waals surface area contributed by atoms with Crippen molar-refractivity contribution in [2.24, 2.45) is 0 Å². The fourth-order valence-electron chi connectivity index (χ4n) is 1.85. The number of carbonyl (C=O) groups excluding carboxylic acids is 1.